The van der Waals surface area contributed by atoms with Gasteiger partial charge in [0.1, 0.15) is 5.52 Å². The Hall–Kier alpha value is -2.56. The van der Waals surface area contributed by atoms with Gasteiger partial charge >= 0.3 is 0 Å². The summed E-state index contributed by atoms with van der Waals surface area (Å²) in [6, 6.07) is 10.1. The maximum Gasteiger partial charge on any atom is 0.207 e. The third-order valence-corrected chi connectivity index (χ3v) is 3.26. The van der Waals surface area contributed by atoms with Gasteiger partial charge in [-0.25, -0.2) is 9.97 Å². The molecular weight excluding hydrogens is 250 g/mol. The highest BCUT2D eigenvalue weighted by Gasteiger charge is 2.14. The number of rotatable bonds is 2. The molecule has 0 atom stereocenters. The number of imidazole rings is 1. The first-order chi connectivity index (χ1) is 9.58. The molecule has 0 saturated heterocycles. The molecule has 0 aliphatic heterocycles. The highest BCUT2D eigenvalue weighted by Crippen LogP contribution is 2.28. The van der Waals surface area contributed by atoms with Crippen molar-refractivity contribution in [1.82, 2.24) is 14.5 Å². The van der Waals surface area contributed by atoms with Crippen molar-refractivity contribution in [1.29, 1.82) is 0 Å². The van der Waals surface area contributed by atoms with Crippen molar-refractivity contribution >= 4 is 22.8 Å². The lowest BCUT2D eigenvalue weighted by Gasteiger charge is -2.18. The van der Waals surface area contributed by atoms with Crippen molar-refractivity contribution in [3.05, 3.63) is 42.1 Å². The molecular formula is C15H17N5. The molecule has 0 unspecified atom stereocenters. The van der Waals surface area contributed by atoms with Crippen LogP contribution >= 0.6 is 0 Å². The number of aromatic nitrogens is 3. The van der Waals surface area contributed by atoms with Crippen LogP contribution in [0.2, 0.25) is 0 Å². The lowest BCUT2D eigenvalue weighted by molar-refractivity contribution is 1.04. The number of hydrogen-bond acceptors (Lipinski definition) is 4. The molecule has 0 amide bonds. The number of pyridine rings is 1. The number of nitrogens with two attached hydrogens (primary N) is 1. The van der Waals surface area contributed by atoms with Gasteiger partial charge in [-0.3, -0.25) is 4.57 Å². The van der Waals surface area contributed by atoms with Gasteiger partial charge in [0.05, 0.1) is 11.4 Å². The van der Waals surface area contributed by atoms with Crippen LogP contribution in [0.25, 0.3) is 16.9 Å². The fraction of sp³-hybridized carbons (Fsp3) is 0.200. The summed E-state index contributed by atoms with van der Waals surface area (Å²) in [4.78, 5) is 10.9. The molecule has 5 heteroatoms. The molecule has 2 aromatic heterocycles. The molecule has 5 nitrogen and oxygen atoms in total. The van der Waals surface area contributed by atoms with E-state index < -0.39 is 0 Å². The number of fused-ring (bicyclic) bond motifs is 1. The van der Waals surface area contributed by atoms with Gasteiger partial charge in [0.25, 0.3) is 0 Å². The molecule has 1 aromatic carbocycles. The molecule has 102 valence electrons. The van der Waals surface area contributed by atoms with Crippen LogP contribution in [0, 0.1) is 6.92 Å². The standard InChI is InChI=1S/C15H17N5/c1-10-8-11-14(17-9-10)20(15(16)18-11)13-7-5-4-6-12(13)19(2)3/h4-9H,1-3H3,(H2,16,18). The molecule has 0 fully saturated rings. The summed E-state index contributed by atoms with van der Waals surface area (Å²) in [5.41, 5.74) is 10.8. The zero-order valence-corrected chi connectivity index (χ0v) is 11.8. The topological polar surface area (TPSA) is 60.0 Å². The minimum atomic E-state index is 0.451. The first-order valence-corrected chi connectivity index (χ1v) is 6.45. The second-order valence-electron chi connectivity index (χ2n) is 5.04. The first-order valence-electron chi connectivity index (χ1n) is 6.45. The number of benzene rings is 1. The van der Waals surface area contributed by atoms with Gasteiger partial charge in [-0.1, -0.05) is 12.1 Å². The lowest BCUT2D eigenvalue weighted by atomic mass is 10.2. The Kier molecular flexibility index (Phi) is 2.82. The molecule has 3 rings (SSSR count). The fourth-order valence-corrected chi connectivity index (χ4v) is 2.35. The first kappa shape index (κ1) is 12.5. The van der Waals surface area contributed by atoms with Crippen LogP contribution in [-0.2, 0) is 0 Å². The van der Waals surface area contributed by atoms with Gasteiger partial charge in [-0.15, -0.1) is 0 Å². The summed E-state index contributed by atoms with van der Waals surface area (Å²) in [5.74, 6) is 0.451. The Labute approximate surface area is 117 Å². The van der Waals surface area contributed by atoms with E-state index in [0.717, 1.165) is 28.1 Å². The van der Waals surface area contributed by atoms with Crippen molar-refractivity contribution in [2.75, 3.05) is 24.7 Å². The Morgan fingerprint density at radius 1 is 1.20 bits per heavy atom. The molecule has 0 aliphatic carbocycles. The average molecular weight is 267 g/mol. The van der Waals surface area contributed by atoms with Crippen LogP contribution in [0.4, 0.5) is 11.6 Å². The minimum absolute atomic E-state index is 0.451. The van der Waals surface area contributed by atoms with E-state index in [1.165, 1.54) is 0 Å². The normalized spacial score (nSPS) is 10.9. The van der Waals surface area contributed by atoms with E-state index in [4.69, 9.17) is 5.73 Å². The van der Waals surface area contributed by atoms with Crippen molar-refractivity contribution in [3.8, 4) is 5.69 Å². The van der Waals surface area contributed by atoms with Gasteiger partial charge < -0.3 is 10.6 Å². The number of hydrogen-bond donors (Lipinski definition) is 1. The lowest BCUT2D eigenvalue weighted by Crippen LogP contribution is -2.13. The quantitative estimate of drug-likeness (QED) is 0.774. The van der Waals surface area contributed by atoms with Gasteiger partial charge in [0.15, 0.2) is 5.65 Å². The van der Waals surface area contributed by atoms with Gasteiger partial charge in [-0.2, -0.15) is 0 Å². The summed E-state index contributed by atoms with van der Waals surface area (Å²) < 4.78 is 1.89. The van der Waals surface area contributed by atoms with Crippen LogP contribution in [0.3, 0.4) is 0 Å². The number of nitrogen functional groups attached to an aromatic ring is 1. The molecule has 2 N–H and O–H groups in total. The van der Waals surface area contributed by atoms with E-state index in [1.54, 1.807) is 0 Å². The summed E-state index contributed by atoms with van der Waals surface area (Å²) >= 11 is 0. The molecule has 0 spiro atoms. The molecule has 0 bridgehead atoms. The Morgan fingerprint density at radius 2 is 1.95 bits per heavy atom. The van der Waals surface area contributed by atoms with E-state index in [0.29, 0.717) is 5.95 Å². The second kappa shape index (κ2) is 4.52. The molecule has 3 aromatic rings. The third kappa shape index (κ3) is 1.87. The van der Waals surface area contributed by atoms with E-state index >= 15 is 0 Å². The number of anilines is 2. The molecule has 0 aliphatic rings. The second-order valence-corrected chi connectivity index (χ2v) is 5.04. The Balaban J connectivity index is 2.33. The molecule has 0 radical (unpaired) electrons. The Morgan fingerprint density at radius 3 is 2.70 bits per heavy atom. The highest BCUT2D eigenvalue weighted by molar-refractivity contribution is 5.80. The monoisotopic (exact) mass is 267 g/mol. The zero-order valence-electron chi connectivity index (χ0n) is 11.8. The number of aryl methyl sites for hydroxylation is 1. The van der Waals surface area contributed by atoms with Gasteiger partial charge in [-0.05, 0) is 30.7 Å². The predicted molar refractivity (Wildman–Crippen MR) is 82.3 cm³/mol. The van der Waals surface area contributed by atoms with Crippen LogP contribution in [0.5, 0.6) is 0 Å². The van der Waals surface area contributed by atoms with Crippen molar-refractivity contribution in [2.24, 2.45) is 0 Å². The summed E-state index contributed by atoms with van der Waals surface area (Å²) in [7, 11) is 4.01. The van der Waals surface area contributed by atoms with Crippen LogP contribution in [-0.4, -0.2) is 28.6 Å². The summed E-state index contributed by atoms with van der Waals surface area (Å²) in [6.07, 6.45) is 1.83. The largest absolute Gasteiger partial charge is 0.376 e. The van der Waals surface area contributed by atoms with E-state index in [2.05, 4.69) is 20.9 Å². The highest BCUT2D eigenvalue weighted by atomic mass is 15.2. The molecule has 20 heavy (non-hydrogen) atoms. The molecule has 2 heterocycles. The van der Waals surface area contributed by atoms with Crippen LogP contribution < -0.4 is 10.6 Å². The van der Waals surface area contributed by atoms with Gasteiger partial charge in [0.2, 0.25) is 5.95 Å². The smallest absolute Gasteiger partial charge is 0.207 e. The van der Waals surface area contributed by atoms with E-state index in [-0.39, 0.29) is 0 Å². The SMILES string of the molecule is Cc1cnc2c(c1)nc(N)n2-c1ccccc1N(C)C. The van der Waals surface area contributed by atoms with Crippen LogP contribution in [0.1, 0.15) is 5.56 Å². The summed E-state index contributed by atoms with van der Waals surface area (Å²) in [5, 5.41) is 0. The van der Waals surface area contributed by atoms with Gasteiger partial charge in [0, 0.05) is 20.3 Å². The van der Waals surface area contributed by atoms with E-state index in [1.807, 2.05) is 56.0 Å². The fourth-order valence-electron chi connectivity index (χ4n) is 2.35. The van der Waals surface area contributed by atoms with Crippen molar-refractivity contribution in [3.63, 3.8) is 0 Å². The van der Waals surface area contributed by atoms with E-state index in [9.17, 15) is 0 Å². The predicted octanol–water partition coefficient (Wildman–Crippen LogP) is 2.38. The summed E-state index contributed by atoms with van der Waals surface area (Å²) in [6.45, 7) is 2.00. The maximum atomic E-state index is 6.10. The number of para-hydroxylation sites is 2. The molecule has 0 saturated carbocycles. The van der Waals surface area contributed by atoms with Crippen molar-refractivity contribution in [2.45, 2.75) is 6.92 Å². The van der Waals surface area contributed by atoms with Crippen molar-refractivity contribution < 1.29 is 0 Å². The maximum absolute atomic E-state index is 6.10. The third-order valence-electron chi connectivity index (χ3n) is 3.26. The minimum Gasteiger partial charge on any atom is -0.376 e. The average Bonchev–Trinajstić information content (AvgIpc) is 2.73. The van der Waals surface area contributed by atoms with Crippen LogP contribution in [0.15, 0.2) is 36.5 Å². The zero-order chi connectivity index (χ0) is 14.3. The number of nitrogens with zero attached hydrogens (tertiary/aromatic N) is 4. The Bertz CT molecular complexity index is 773.